The van der Waals surface area contributed by atoms with Crippen LogP contribution in [0.15, 0.2) is 22.3 Å². The Kier molecular flexibility index (Phi) is 4.26. The standard InChI is InChI=1S/C9H17N3/c1-6-7-11-8(10-5)12-9(2,3)4/h6-7H,5H2,1-4H3,(H,11,12)/b7-6-. The van der Waals surface area contributed by atoms with Crippen molar-refractivity contribution in [1.82, 2.24) is 5.32 Å². The van der Waals surface area contributed by atoms with E-state index < -0.39 is 0 Å². The molecule has 3 heteroatoms. The second-order valence-corrected chi connectivity index (χ2v) is 3.47. The van der Waals surface area contributed by atoms with Gasteiger partial charge in [-0.25, -0.2) is 9.98 Å². The van der Waals surface area contributed by atoms with Gasteiger partial charge in [0.1, 0.15) is 0 Å². The van der Waals surface area contributed by atoms with E-state index >= 15 is 0 Å². The molecule has 0 spiro atoms. The van der Waals surface area contributed by atoms with Crippen LogP contribution in [0.5, 0.6) is 0 Å². The molecule has 0 atom stereocenters. The number of nitrogens with zero attached hydrogens (tertiary/aromatic N) is 2. The average molecular weight is 167 g/mol. The Bertz CT molecular complexity index is 196. The molecule has 0 aromatic carbocycles. The van der Waals surface area contributed by atoms with Crippen LogP contribution in [0.2, 0.25) is 0 Å². The molecule has 0 aliphatic heterocycles. The van der Waals surface area contributed by atoms with E-state index in [1.165, 1.54) is 0 Å². The lowest BCUT2D eigenvalue weighted by Gasteiger charge is -2.20. The van der Waals surface area contributed by atoms with Gasteiger partial charge in [0, 0.05) is 11.7 Å². The SMILES string of the molecule is C=N/C(=N\C=C/C)NC(C)(C)C. The van der Waals surface area contributed by atoms with E-state index in [1.807, 2.05) is 33.8 Å². The first-order valence-electron chi connectivity index (χ1n) is 3.93. The Hall–Kier alpha value is -1.12. The highest BCUT2D eigenvalue weighted by Crippen LogP contribution is 1.98. The molecule has 0 rings (SSSR count). The van der Waals surface area contributed by atoms with E-state index in [0.717, 1.165) is 0 Å². The first kappa shape index (κ1) is 10.9. The van der Waals surface area contributed by atoms with Gasteiger partial charge in [0.05, 0.1) is 0 Å². The van der Waals surface area contributed by atoms with Crippen molar-refractivity contribution in [2.45, 2.75) is 33.2 Å². The molecule has 0 saturated heterocycles. The summed E-state index contributed by atoms with van der Waals surface area (Å²) in [5, 5.41) is 3.11. The minimum atomic E-state index is -0.0262. The van der Waals surface area contributed by atoms with Gasteiger partial charge in [0.2, 0.25) is 5.96 Å². The van der Waals surface area contributed by atoms with Crippen molar-refractivity contribution in [3.8, 4) is 0 Å². The summed E-state index contributed by atoms with van der Waals surface area (Å²) in [4.78, 5) is 7.79. The molecule has 0 aliphatic rings. The Morgan fingerprint density at radius 3 is 2.33 bits per heavy atom. The maximum absolute atomic E-state index is 4.04. The number of nitrogens with one attached hydrogen (secondary N) is 1. The normalized spacial score (nSPS) is 13.5. The fourth-order valence-electron chi connectivity index (χ4n) is 0.593. The Morgan fingerprint density at radius 1 is 1.42 bits per heavy atom. The fraction of sp³-hybridized carbons (Fsp3) is 0.556. The summed E-state index contributed by atoms with van der Waals surface area (Å²) in [5.74, 6) is 0.556. The van der Waals surface area contributed by atoms with Gasteiger partial charge in [-0.05, 0) is 34.4 Å². The van der Waals surface area contributed by atoms with Gasteiger partial charge in [-0.1, -0.05) is 6.08 Å². The number of hydrogen-bond acceptors (Lipinski definition) is 1. The monoisotopic (exact) mass is 167 g/mol. The molecule has 0 fully saturated rings. The second kappa shape index (κ2) is 4.70. The molecular formula is C9H17N3. The lowest BCUT2D eigenvalue weighted by molar-refractivity contribution is 0.509. The van der Waals surface area contributed by atoms with Crippen molar-refractivity contribution >= 4 is 12.7 Å². The smallest absolute Gasteiger partial charge is 0.222 e. The molecule has 0 bridgehead atoms. The van der Waals surface area contributed by atoms with Gasteiger partial charge in [-0.15, -0.1) is 0 Å². The van der Waals surface area contributed by atoms with E-state index in [1.54, 1.807) is 6.20 Å². The van der Waals surface area contributed by atoms with Gasteiger partial charge >= 0.3 is 0 Å². The molecule has 3 nitrogen and oxygen atoms in total. The van der Waals surface area contributed by atoms with Crippen LogP contribution in [0, 0.1) is 0 Å². The summed E-state index contributed by atoms with van der Waals surface area (Å²) in [5.41, 5.74) is -0.0262. The predicted molar refractivity (Wildman–Crippen MR) is 54.7 cm³/mol. The molecule has 0 aliphatic carbocycles. The van der Waals surface area contributed by atoms with Crippen molar-refractivity contribution in [2.75, 3.05) is 0 Å². The zero-order chi connectivity index (χ0) is 9.61. The molecular weight excluding hydrogens is 150 g/mol. The number of guanidine groups is 1. The van der Waals surface area contributed by atoms with Gasteiger partial charge in [0.25, 0.3) is 0 Å². The molecule has 68 valence electrons. The molecule has 0 radical (unpaired) electrons. The largest absolute Gasteiger partial charge is 0.350 e. The summed E-state index contributed by atoms with van der Waals surface area (Å²) in [6.07, 6.45) is 3.53. The third-order valence-corrected chi connectivity index (χ3v) is 0.982. The van der Waals surface area contributed by atoms with Gasteiger partial charge in [-0.3, -0.25) is 0 Å². The first-order chi connectivity index (χ1) is 5.49. The minimum Gasteiger partial charge on any atom is -0.350 e. The Labute approximate surface area is 74.3 Å². The topological polar surface area (TPSA) is 36.8 Å². The van der Waals surface area contributed by atoms with Gasteiger partial charge in [0.15, 0.2) is 0 Å². The fourth-order valence-corrected chi connectivity index (χ4v) is 0.593. The van der Waals surface area contributed by atoms with Crippen LogP contribution < -0.4 is 5.32 Å². The van der Waals surface area contributed by atoms with Gasteiger partial charge < -0.3 is 5.32 Å². The predicted octanol–water partition coefficient (Wildman–Crippen LogP) is 1.96. The lowest BCUT2D eigenvalue weighted by atomic mass is 10.1. The molecule has 0 aromatic rings. The van der Waals surface area contributed by atoms with Crippen molar-refractivity contribution in [3.63, 3.8) is 0 Å². The zero-order valence-corrected chi connectivity index (χ0v) is 8.26. The second-order valence-electron chi connectivity index (χ2n) is 3.47. The third-order valence-electron chi connectivity index (χ3n) is 0.982. The first-order valence-corrected chi connectivity index (χ1v) is 3.93. The molecule has 0 unspecified atom stereocenters. The van der Waals surface area contributed by atoms with Crippen LogP contribution in [0.3, 0.4) is 0 Å². The quantitative estimate of drug-likeness (QED) is 0.470. The minimum absolute atomic E-state index is 0.0262. The van der Waals surface area contributed by atoms with E-state index in [-0.39, 0.29) is 5.54 Å². The highest BCUT2D eigenvalue weighted by Gasteiger charge is 2.10. The third kappa shape index (κ3) is 5.65. The van der Waals surface area contributed by atoms with Crippen LogP contribution in [-0.2, 0) is 0 Å². The molecule has 0 aromatic heterocycles. The molecule has 12 heavy (non-hydrogen) atoms. The van der Waals surface area contributed by atoms with Crippen LogP contribution >= 0.6 is 0 Å². The van der Waals surface area contributed by atoms with E-state index in [2.05, 4.69) is 22.0 Å². The van der Waals surface area contributed by atoms with Crippen LogP contribution in [0.4, 0.5) is 0 Å². The van der Waals surface area contributed by atoms with E-state index in [4.69, 9.17) is 0 Å². The van der Waals surface area contributed by atoms with Crippen LogP contribution in [-0.4, -0.2) is 18.2 Å². The maximum atomic E-state index is 4.04. The van der Waals surface area contributed by atoms with Crippen LogP contribution in [0.25, 0.3) is 0 Å². The molecule has 0 heterocycles. The average Bonchev–Trinajstić information content (AvgIpc) is 1.95. The Morgan fingerprint density at radius 2 is 2.00 bits per heavy atom. The lowest BCUT2D eigenvalue weighted by Crippen LogP contribution is -2.39. The summed E-state index contributed by atoms with van der Waals surface area (Å²) < 4.78 is 0. The summed E-state index contributed by atoms with van der Waals surface area (Å²) in [6, 6.07) is 0. The number of rotatable bonds is 1. The highest BCUT2D eigenvalue weighted by molar-refractivity contribution is 5.85. The summed E-state index contributed by atoms with van der Waals surface area (Å²) >= 11 is 0. The summed E-state index contributed by atoms with van der Waals surface area (Å²) in [6.45, 7) is 11.5. The Balaban J connectivity index is 4.28. The number of aliphatic imine (C=N–C) groups is 2. The summed E-state index contributed by atoms with van der Waals surface area (Å²) in [7, 11) is 0. The van der Waals surface area contributed by atoms with Gasteiger partial charge in [-0.2, -0.15) is 0 Å². The van der Waals surface area contributed by atoms with E-state index in [9.17, 15) is 0 Å². The molecule has 0 saturated carbocycles. The molecule has 1 N–H and O–H groups in total. The maximum Gasteiger partial charge on any atom is 0.222 e. The van der Waals surface area contributed by atoms with Crippen molar-refractivity contribution in [2.24, 2.45) is 9.98 Å². The van der Waals surface area contributed by atoms with Crippen molar-refractivity contribution in [3.05, 3.63) is 12.3 Å². The van der Waals surface area contributed by atoms with Crippen molar-refractivity contribution in [1.29, 1.82) is 0 Å². The highest BCUT2D eigenvalue weighted by atomic mass is 15.1. The van der Waals surface area contributed by atoms with Crippen LogP contribution in [0.1, 0.15) is 27.7 Å². The molecule has 0 amide bonds. The van der Waals surface area contributed by atoms with E-state index in [0.29, 0.717) is 5.96 Å². The number of hydrogen-bond donors (Lipinski definition) is 1. The number of allylic oxidation sites excluding steroid dienone is 1. The van der Waals surface area contributed by atoms with Crippen molar-refractivity contribution < 1.29 is 0 Å². The zero-order valence-electron chi connectivity index (χ0n) is 8.26.